The Hall–Kier alpha value is 0.247. The van der Waals surface area contributed by atoms with Crippen molar-refractivity contribution in [2.45, 2.75) is 57.2 Å². The molecule has 1 saturated heterocycles. The third-order valence-electron chi connectivity index (χ3n) is 3.63. The number of alkyl halides is 1. The van der Waals surface area contributed by atoms with Gasteiger partial charge in [0, 0.05) is 14.7 Å². The standard InChI is InChI=1S/C13H25ClSi/c1-2-3-4-5-10-15-11-7-13(6-9-14)8-12-15/h3-4,13,15H,2,5-12H2,1H3/b4-3+. The molecule has 0 saturated carbocycles. The van der Waals surface area contributed by atoms with Crippen LogP contribution in [-0.4, -0.2) is 14.7 Å². The van der Waals surface area contributed by atoms with Crippen LogP contribution in [0.4, 0.5) is 0 Å². The van der Waals surface area contributed by atoms with Gasteiger partial charge in [0.25, 0.3) is 0 Å². The minimum absolute atomic E-state index is 0.327. The van der Waals surface area contributed by atoms with Crippen LogP contribution in [-0.2, 0) is 0 Å². The van der Waals surface area contributed by atoms with E-state index in [0.29, 0.717) is 0 Å². The van der Waals surface area contributed by atoms with E-state index in [2.05, 4.69) is 19.1 Å². The number of halogens is 1. The fourth-order valence-corrected chi connectivity index (χ4v) is 6.30. The van der Waals surface area contributed by atoms with Crippen molar-refractivity contribution in [2.24, 2.45) is 5.92 Å². The van der Waals surface area contributed by atoms with Gasteiger partial charge in [0.2, 0.25) is 0 Å². The molecule has 15 heavy (non-hydrogen) atoms. The highest BCUT2D eigenvalue weighted by Crippen LogP contribution is 2.30. The highest BCUT2D eigenvalue weighted by molar-refractivity contribution is 6.59. The number of hydrogen-bond donors (Lipinski definition) is 0. The van der Waals surface area contributed by atoms with Crippen molar-refractivity contribution in [3.63, 3.8) is 0 Å². The second-order valence-corrected chi connectivity index (χ2v) is 8.66. The summed E-state index contributed by atoms with van der Waals surface area (Å²) < 4.78 is 0. The SMILES string of the molecule is CC/C=C/CC[SiH]1CCC(CCCl)CC1. The zero-order valence-corrected chi connectivity index (χ0v) is 12.0. The molecule has 0 nitrogen and oxygen atoms in total. The summed E-state index contributed by atoms with van der Waals surface area (Å²) in [5.74, 6) is 1.84. The van der Waals surface area contributed by atoms with Crippen molar-refractivity contribution >= 4 is 20.4 Å². The van der Waals surface area contributed by atoms with Gasteiger partial charge in [0.05, 0.1) is 0 Å². The molecule has 1 heterocycles. The van der Waals surface area contributed by atoms with Gasteiger partial charge in [-0.3, -0.25) is 0 Å². The van der Waals surface area contributed by atoms with Crippen LogP contribution < -0.4 is 0 Å². The van der Waals surface area contributed by atoms with E-state index in [4.69, 9.17) is 11.6 Å². The van der Waals surface area contributed by atoms with E-state index in [1.807, 2.05) is 0 Å². The van der Waals surface area contributed by atoms with Gasteiger partial charge in [0.1, 0.15) is 0 Å². The average molecular weight is 245 g/mol. The van der Waals surface area contributed by atoms with Crippen molar-refractivity contribution in [2.75, 3.05) is 5.88 Å². The van der Waals surface area contributed by atoms with Gasteiger partial charge in [-0.1, -0.05) is 50.0 Å². The van der Waals surface area contributed by atoms with E-state index in [1.54, 1.807) is 18.1 Å². The second kappa shape index (κ2) is 8.40. The van der Waals surface area contributed by atoms with E-state index in [-0.39, 0.29) is 8.80 Å². The third-order valence-corrected chi connectivity index (χ3v) is 7.30. The molecule has 0 radical (unpaired) electrons. The first-order valence-corrected chi connectivity index (χ1v) is 9.56. The summed E-state index contributed by atoms with van der Waals surface area (Å²) in [6.07, 6.45) is 11.5. The summed E-state index contributed by atoms with van der Waals surface area (Å²) in [6.45, 7) is 2.21. The summed E-state index contributed by atoms with van der Waals surface area (Å²) >= 11 is 5.79. The van der Waals surface area contributed by atoms with E-state index < -0.39 is 0 Å². The Kier molecular flexibility index (Phi) is 7.46. The largest absolute Gasteiger partial charge is 0.127 e. The van der Waals surface area contributed by atoms with E-state index >= 15 is 0 Å². The molecule has 0 atom stereocenters. The monoisotopic (exact) mass is 244 g/mol. The maximum Gasteiger partial charge on any atom is 0.0371 e. The van der Waals surface area contributed by atoms with E-state index in [0.717, 1.165) is 11.8 Å². The molecule has 88 valence electrons. The highest BCUT2D eigenvalue weighted by Gasteiger charge is 2.20. The number of rotatable bonds is 6. The van der Waals surface area contributed by atoms with Gasteiger partial charge in [-0.15, -0.1) is 11.6 Å². The Morgan fingerprint density at radius 1 is 1.27 bits per heavy atom. The first-order chi connectivity index (χ1) is 7.36. The average Bonchev–Trinajstić information content (AvgIpc) is 2.27. The molecule has 0 aromatic carbocycles. The van der Waals surface area contributed by atoms with Crippen LogP contribution in [0.2, 0.25) is 18.1 Å². The molecule has 1 fully saturated rings. The minimum atomic E-state index is -0.327. The van der Waals surface area contributed by atoms with Gasteiger partial charge >= 0.3 is 0 Å². The zero-order valence-electron chi connectivity index (χ0n) is 10.1. The lowest BCUT2D eigenvalue weighted by molar-refractivity contribution is 0.458. The van der Waals surface area contributed by atoms with Crippen LogP contribution in [0.1, 0.15) is 39.0 Å². The molecular formula is C13H25ClSi. The minimum Gasteiger partial charge on any atom is -0.127 e. The van der Waals surface area contributed by atoms with Crippen molar-refractivity contribution < 1.29 is 0 Å². The predicted octanol–water partition coefficient (Wildman–Crippen LogP) is 4.61. The molecule has 0 N–H and O–H groups in total. The maximum atomic E-state index is 5.79. The summed E-state index contributed by atoms with van der Waals surface area (Å²) in [4.78, 5) is 0. The quantitative estimate of drug-likeness (QED) is 0.364. The summed E-state index contributed by atoms with van der Waals surface area (Å²) in [5.41, 5.74) is 0. The number of allylic oxidation sites excluding steroid dienone is 2. The molecule has 2 heteroatoms. The Labute approximate surface area is 102 Å². The summed E-state index contributed by atoms with van der Waals surface area (Å²) in [7, 11) is -0.327. The second-order valence-electron chi connectivity index (χ2n) is 4.82. The zero-order chi connectivity index (χ0) is 10.9. The molecule has 0 bridgehead atoms. The van der Waals surface area contributed by atoms with Crippen LogP contribution in [0.5, 0.6) is 0 Å². The van der Waals surface area contributed by atoms with Crippen LogP contribution in [0.15, 0.2) is 12.2 Å². The number of hydrogen-bond acceptors (Lipinski definition) is 0. The molecule has 0 spiro atoms. The molecule has 1 aliphatic heterocycles. The summed E-state index contributed by atoms with van der Waals surface area (Å²) in [6, 6.07) is 4.72. The van der Waals surface area contributed by atoms with Crippen LogP contribution in [0.3, 0.4) is 0 Å². The molecule has 1 aliphatic rings. The van der Waals surface area contributed by atoms with E-state index in [1.165, 1.54) is 32.1 Å². The van der Waals surface area contributed by atoms with Gasteiger partial charge < -0.3 is 0 Å². The van der Waals surface area contributed by atoms with Gasteiger partial charge in [-0.05, 0) is 25.2 Å². The Morgan fingerprint density at radius 2 is 2.00 bits per heavy atom. The molecule has 0 unspecified atom stereocenters. The van der Waals surface area contributed by atoms with Gasteiger partial charge in [0.15, 0.2) is 0 Å². The topological polar surface area (TPSA) is 0 Å². The van der Waals surface area contributed by atoms with Crippen LogP contribution in [0.25, 0.3) is 0 Å². The Morgan fingerprint density at radius 3 is 2.60 bits per heavy atom. The fraction of sp³-hybridized carbons (Fsp3) is 0.846. The lowest BCUT2D eigenvalue weighted by Crippen LogP contribution is -2.21. The van der Waals surface area contributed by atoms with Crippen molar-refractivity contribution in [1.29, 1.82) is 0 Å². The maximum absolute atomic E-state index is 5.79. The van der Waals surface area contributed by atoms with Crippen molar-refractivity contribution in [3.05, 3.63) is 12.2 Å². The predicted molar refractivity (Wildman–Crippen MR) is 73.7 cm³/mol. The Bertz CT molecular complexity index is 171. The normalized spacial score (nSPS) is 27.3. The van der Waals surface area contributed by atoms with Crippen LogP contribution >= 0.6 is 11.6 Å². The first kappa shape index (κ1) is 13.3. The molecule has 0 aromatic rings. The smallest absolute Gasteiger partial charge is 0.0371 e. The first-order valence-electron chi connectivity index (χ1n) is 6.57. The van der Waals surface area contributed by atoms with Gasteiger partial charge in [-0.25, -0.2) is 0 Å². The van der Waals surface area contributed by atoms with E-state index in [9.17, 15) is 0 Å². The lowest BCUT2D eigenvalue weighted by Gasteiger charge is -2.26. The highest BCUT2D eigenvalue weighted by atomic mass is 35.5. The lowest BCUT2D eigenvalue weighted by atomic mass is 10.0. The molecule has 0 aromatic heterocycles. The van der Waals surface area contributed by atoms with Crippen molar-refractivity contribution in [1.82, 2.24) is 0 Å². The summed E-state index contributed by atoms with van der Waals surface area (Å²) in [5, 5.41) is 0. The van der Waals surface area contributed by atoms with Crippen molar-refractivity contribution in [3.8, 4) is 0 Å². The Balaban J connectivity index is 2.06. The molecule has 0 aliphatic carbocycles. The molecule has 0 amide bonds. The van der Waals surface area contributed by atoms with Crippen LogP contribution in [0, 0.1) is 5.92 Å². The fourth-order valence-electron chi connectivity index (χ4n) is 2.58. The molecule has 1 rings (SSSR count). The third kappa shape index (κ3) is 5.77. The van der Waals surface area contributed by atoms with Gasteiger partial charge in [-0.2, -0.15) is 0 Å². The molecular weight excluding hydrogens is 220 g/mol.